The Morgan fingerprint density at radius 1 is 1.15 bits per heavy atom. The van der Waals surface area contributed by atoms with E-state index < -0.39 is 0 Å². The van der Waals surface area contributed by atoms with Gasteiger partial charge in [0.1, 0.15) is 0 Å². The second-order valence-corrected chi connectivity index (χ2v) is 7.72. The van der Waals surface area contributed by atoms with Crippen LogP contribution in [0.15, 0.2) is 36.4 Å². The molecular weight excluding hydrogens is 393 g/mol. The van der Waals surface area contributed by atoms with Crippen LogP contribution in [0, 0.1) is 0 Å². The van der Waals surface area contributed by atoms with Gasteiger partial charge in [0, 0.05) is 23.8 Å². The fourth-order valence-corrected chi connectivity index (χ4v) is 4.21. The molecule has 1 aliphatic heterocycles. The number of benzene rings is 2. The van der Waals surface area contributed by atoms with Gasteiger partial charge in [0.2, 0.25) is 0 Å². The maximum atomic E-state index is 12.4. The van der Waals surface area contributed by atoms with Gasteiger partial charge in [0.05, 0.1) is 34.0 Å². The lowest BCUT2D eigenvalue weighted by Gasteiger charge is -2.28. The number of ether oxygens (including phenoxy) is 1. The van der Waals surface area contributed by atoms with Crippen molar-refractivity contribution in [3.8, 4) is 0 Å². The Morgan fingerprint density at radius 3 is 2.73 bits per heavy atom. The van der Waals surface area contributed by atoms with Crippen LogP contribution in [0.1, 0.15) is 10.4 Å². The van der Waals surface area contributed by atoms with Crippen molar-refractivity contribution in [2.24, 2.45) is 0 Å². The predicted molar refractivity (Wildman–Crippen MR) is 107 cm³/mol. The molecule has 0 bridgehead atoms. The van der Waals surface area contributed by atoms with Crippen LogP contribution < -0.4 is 10.2 Å². The summed E-state index contributed by atoms with van der Waals surface area (Å²) in [7, 11) is 0. The van der Waals surface area contributed by atoms with Crippen molar-refractivity contribution in [2.75, 3.05) is 36.5 Å². The van der Waals surface area contributed by atoms with E-state index in [1.54, 1.807) is 18.2 Å². The van der Waals surface area contributed by atoms with Crippen molar-refractivity contribution in [1.82, 2.24) is 4.98 Å². The number of hydrogen-bond donors (Lipinski definition) is 1. The lowest BCUT2D eigenvalue weighted by Crippen LogP contribution is -2.36. The second-order valence-electron chi connectivity index (χ2n) is 5.85. The Bertz CT molecular complexity index is 970. The zero-order valence-electron chi connectivity index (χ0n) is 13.7. The maximum Gasteiger partial charge on any atom is 0.258 e. The summed E-state index contributed by atoms with van der Waals surface area (Å²) in [6, 6.07) is 10.9. The van der Waals surface area contributed by atoms with Crippen molar-refractivity contribution in [3.63, 3.8) is 0 Å². The molecule has 2 aromatic carbocycles. The van der Waals surface area contributed by atoms with Crippen LogP contribution in [0.25, 0.3) is 10.2 Å². The molecule has 0 spiro atoms. The van der Waals surface area contributed by atoms with E-state index in [1.165, 1.54) is 11.3 Å². The van der Waals surface area contributed by atoms with E-state index in [4.69, 9.17) is 27.9 Å². The number of fused-ring (bicyclic) bond motifs is 1. The molecule has 0 saturated carbocycles. The first-order valence-corrected chi connectivity index (χ1v) is 9.67. The van der Waals surface area contributed by atoms with Crippen LogP contribution in [0.3, 0.4) is 0 Å². The molecule has 0 aliphatic carbocycles. The van der Waals surface area contributed by atoms with Crippen LogP contribution >= 0.6 is 34.5 Å². The first kappa shape index (κ1) is 17.5. The first-order chi connectivity index (χ1) is 12.6. The number of morpholine rings is 1. The Morgan fingerprint density at radius 2 is 1.96 bits per heavy atom. The molecule has 1 saturated heterocycles. The summed E-state index contributed by atoms with van der Waals surface area (Å²) in [5, 5.41) is 4.15. The quantitative estimate of drug-likeness (QED) is 0.683. The predicted octanol–water partition coefficient (Wildman–Crippen LogP) is 4.69. The molecule has 134 valence electrons. The Balaban J connectivity index is 1.56. The third-order valence-corrected chi connectivity index (χ3v) is 5.63. The summed E-state index contributed by atoms with van der Waals surface area (Å²) in [6.07, 6.45) is 0. The van der Waals surface area contributed by atoms with E-state index in [2.05, 4.69) is 27.3 Å². The van der Waals surface area contributed by atoms with E-state index in [0.29, 0.717) is 20.7 Å². The number of halogens is 2. The number of nitrogens with one attached hydrogen (secondary N) is 1. The molecule has 1 fully saturated rings. The number of nitrogens with zero attached hydrogens (tertiary/aromatic N) is 2. The topological polar surface area (TPSA) is 54.5 Å². The minimum atomic E-state index is -0.306. The van der Waals surface area contributed by atoms with Gasteiger partial charge in [-0.25, -0.2) is 4.98 Å². The summed E-state index contributed by atoms with van der Waals surface area (Å²) >= 11 is 13.4. The number of anilines is 2. The number of carbonyl (C=O) groups is 1. The number of aromatic nitrogens is 1. The Labute approximate surface area is 164 Å². The van der Waals surface area contributed by atoms with E-state index in [0.717, 1.165) is 42.2 Å². The highest BCUT2D eigenvalue weighted by atomic mass is 35.5. The Kier molecular flexibility index (Phi) is 5.00. The van der Waals surface area contributed by atoms with Crippen LogP contribution in [-0.4, -0.2) is 37.2 Å². The lowest BCUT2D eigenvalue weighted by molar-refractivity contribution is 0.102. The summed E-state index contributed by atoms with van der Waals surface area (Å²) in [6.45, 7) is 3.24. The SMILES string of the molecule is O=C(Nc1nc2ccc(N3CCOCC3)cc2s1)c1ccc(Cl)cc1Cl. The molecule has 2 heterocycles. The van der Waals surface area contributed by atoms with E-state index in [1.807, 2.05) is 6.07 Å². The van der Waals surface area contributed by atoms with Crippen LogP contribution in [0.2, 0.25) is 10.0 Å². The minimum absolute atomic E-state index is 0.306. The standard InChI is InChI=1S/C18H15Cl2N3O2S/c19-11-1-3-13(14(20)9-11)17(24)22-18-21-15-4-2-12(10-16(15)26-18)23-5-7-25-8-6-23/h1-4,9-10H,5-8H2,(H,21,22,24). The third-order valence-electron chi connectivity index (χ3n) is 4.14. The molecule has 0 unspecified atom stereocenters. The minimum Gasteiger partial charge on any atom is -0.378 e. The van der Waals surface area contributed by atoms with Crippen molar-refractivity contribution in [2.45, 2.75) is 0 Å². The van der Waals surface area contributed by atoms with Gasteiger partial charge < -0.3 is 9.64 Å². The van der Waals surface area contributed by atoms with Gasteiger partial charge in [0.15, 0.2) is 5.13 Å². The molecule has 1 aliphatic rings. The molecule has 26 heavy (non-hydrogen) atoms. The number of thiazole rings is 1. The van der Waals surface area contributed by atoms with Gasteiger partial charge in [-0.05, 0) is 36.4 Å². The van der Waals surface area contributed by atoms with Gasteiger partial charge in [0.25, 0.3) is 5.91 Å². The molecule has 5 nitrogen and oxygen atoms in total. The molecule has 1 amide bonds. The van der Waals surface area contributed by atoms with Crippen molar-refractivity contribution in [1.29, 1.82) is 0 Å². The molecule has 1 aromatic heterocycles. The number of amides is 1. The van der Waals surface area contributed by atoms with E-state index in [9.17, 15) is 4.79 Å². The average molecular weight is 408 g/mol. The number of hydrogen-bond acceptors (Lipinski definition) is 5. The Hall–Kier alpha value is -1.86. The monoisotopic (exact) mass is 407 g/mol. The molecule has 3 aromatic rings. The summed E-state index contributed by atoms with van der Waals surface area (Å²) < 4.78 is 6.42. The molecule has 4 rings (SSSR count). The first-order valence-electron chi connectivity index (χ1n) is 8.10. The molecule has 8 heteroatoms. The van der Waals surface area contributed by atoms with Crippen LogP contribution in [-0.2, 0) is 4.74 Å². The number of carbonyl (C=O) groups excluding carboxylic acids is 1. The second kappa shape index (κ2) is 7.40. The van der Waals surface area contributed by atoms with Crippen molar-refractivity contribution < 1.29 is 9.53 Å². The molecule has 1 N–H and O–H groups in total. The van der Waals surface area contributed by atoms with E-state index in [-0.39, 0.29) is 5.91 Å². The number of rotatable bonds is 3. The lowest BCUT2D eigenvalue weighted by atomic mass is 10.2. The van der Waals surface area contributed by atoms with Crippen LogP contribution in [0.5, 0.6) is 0 Å². The van der Waals surface area contributed by atoms with Gasteiger partial charge in [-0.2, -0.15) is 0 Å². The van der Waals surface area contributed by atoms with Crippen LogP contribution in [0.4, 0.5) is 10.8 Å². The normalized spacial score (nSPS) is 14.6. The highest BCUT2D eigenvalue weighted by Crippen LogP contribution is 2.31. The molecule has 0 atom stereocenters. The largest absolute Gasteiger partial charge is 0.378 e. The van der Waals surface area contributed by atoms with Gasteiger partial charge in [-0.1, -0.05) is 34.5 Å². The molecule has 0 radical (unpaired) electrons. The molecular formula is C18H15Cl2N3O2S. The van der Waals surface area contributed by atoms with Gasteiger partial charge in [-0.3, -0.25) is 10.1 Å². The van der Waals surface area contributed by atoms with Gasteiger partial charge >= 0.3 is 0 Å². The fraction of sp³-hybridized carbons (Fsp3) is 0.222. The smallest absolute Gasteiger partial charge is 0.258 e. The third kappa shape index (κ3) is 3.64. The van der Waals surface area contributed by atoms with E-state index >= 15 is 0 Å². The van der Waals surface area contributed by atoms with Gasteiger partial charge in [-0.15, -0.1) is 0 Å². The fourth-order valence-electron chi connectivity index (χ4n) is 2.82. The van der Waals surface area contributed by atoms with Crippen molar-refractivity contribution >= 4 is 61.5 Å². The highest BCUT2D eigenvalue weighted by molar-refractivity contribution is 7.22. The zero-order chi connectivity index (χ0) is 18.1. The highest BCUT2D eigenvalue weighted by Gasteiger charge is 2.15. The summed E-state index contributed by atoms with van der Waals surface area (Å²) in [5.41, 5.74) is 2.36. The summed E-state index contributed by atoms with van der Waals surface area (Å²) in [5.74, 6) is -0.306. The summed E-state index contributed by atoms with van der Waals surface area (Å²) in [4.78, 5) is 19.2. The maximum absolute atomic E-state index is 12.4. The average Bonchev–Trinajstić information content (AvgIpc) is 3.03. The van der Waals surface area contributed by atoms with Crippen molar-refractivity contribution in [3.05, 3.63) is 52.0 Å². The zero-order valence-corrected chi connectivity index (χ0v) is 16.0.